The third kappa shape index (κ3) is 3.52. The summed E-state index contributed by atoms with van der Waals surface area (Å²) in [4.78, 5) is 2.47. The maximum atomic E-state index is 13.1. The third-order valence-electron chi connectivity index (χ3n) is 3.33. The highest BCUT2D eigenvalue weighted by molar-refractivity contribution is 9.10. The van der Waals surface area contributed by atoms with Crippen molar-refractivity contribution in [1.29, 1.82) is 0 Å². The normalized spacial score (nSPS) is 26.1. The SMILES string of the molecule is CC1CC(C)CN(Cc2ccc(F)c(Br)c2)C1. The van der Waals surface area contributed by atoms with Gasteiger partial charge in [-0.1, -0.05) is 19.9 Å². The quantitative estimate of drug-likeness (QED) is 0.796. The molecule has 0 amide bonds. The molecule has 1 fully saturated rings. The van der Waals surface area contributed by atoms with E-state index in [1.807, 2.05) is 12.1 Å². The van der Waals surface area contributed by atoms with Gasteiger partial charge < -0.3 is 0 Å². The van der Waals surface area contributed by atoms with E-state index >= 15 is 0 Å². The van der Waals surface area contributed by atoms with Crippen molar-refractivity contribution in [2.24, 2.45) is 11.8 Å². The molecule has 1 heterocycles. The predicted molar refractivity (Wildman–Crippen MR) is 72.3 cm³/mol. The topological polar surface area (TPSA) is 3.24 Å². The molecule has 2 rings (SSSR count). The van der Waals surface area contributed by atoms with Gasteiger partial charge in [-0.3, -0.25) is 4.90 Å². The van der Waals surface area contributed by atoms with Gasteiger partial charge in [-0.05, 0) is 51.9 Å². The molecule has 0 spiro atoms. The molecule has 1 nitrogen and oxygen atoms in total. The second kappa shape index (κ2) is 5.49. The average molecular weight is 300 g/mol. The van der Waals surface area contributed by atoms with E-state index in [9.17, 15) is 4.39 Å². The predicted octanol–water partition coefficient (Wildman–Crippen LogP) is 4.07. The summed E-state index contributed by atoms with van der Waals surface area (Å²) < 4.78 is 13.7. The number of rotatable bonds is 2. The van der Waals surface area contributed by atoms with E-state index in [1.165, 1.54) is 18.1 Å². The molecule has 0 bridgehead atoms. The molecule has 2 atom stereocenters. The van der Waals surface area contributed by atoms with E-state index in [2.05, 4.69) is 34.7 Å². The van der Waals surface area contributed by atoms with Gasteiger partial charge in [0.2, 0.25) is 0 Å². The molecule has 1 aliphatic heterocycles. The van der Waals surface area contributed by atoms with Gasteiger partial charge in [-0.15, -0.1) is 0 Å². The summed E-state index contributed by atoms with van der Waals surface area (Å²) in [5.41, 5.74) is 1.18. The summed E-state index contributed by atoms with van der Waals surface area (Å²) in [7, 11) is 0. The number of hydrogen-bond donors (Lipinski definition) is 0. The molecule has 1 aromatic rings. The molecule has 1 aromatic carbocycles. The van der Waals surface area contributed by atoms with Crippen LogP contribution in [0.3, 0.4) is 0 Å². The van der Waals surface area contributed by atoms with Crippen molar-refractivity contribution in [3.05, 3.63) is 34.1 Å². The van der Waals surface area contributed by atoms with Crippen LogP contribution in [0.4, 0.5) is 4.39 Å². The van der Waals surface area contributed by atoms with E-state index in [0.29, 0.717) is 4.47 Å². The Balaban J connectivity index is 2.02. The number of likely N-dealkylation sites (tertiary alicyclic amines) is 1. The molecule has 94 valence electrons. The average Bonchev–Trinajstić information content (AvgIpc) is 2.22. The summed E-state index contributed by atoms with van der Waals surface area (Å²) in [5.74, 6) is 1.35. The van der Waals surface area contributed by atoms with Gasteiger partial charge in [0, 0.05) is 19.6 Å². The van der Waals surface area contributed by atoms with E-state index in [0.717, 1.165) is 31.5 Å². The Bertz CT molecular complexity index is 384. The van der Waals surface area contributed by atoms with Crippen LogP contribution >= 0.6 is 15.9 Å². The van der Waals surface area contributed by atoms with Crippen molar-refractivity contribution >= 4 is 15.9 Å². The minimum absolute atomic E-state index is 0.186. The van der Waals surface area contributed by atoms with E-state index in [4.69, 9.17) is 0 Å². The fourth-order valence-electron chi connectivity index (χ4n) is 2.82. The lowest BCUT2D eigenvalue weighted by molar-refractivity contribution is 0.134. The Hall–Kier alpha value is -0.410. The molecule has 0 N–H and O–H groups in total. The second-order valence-electron chi connectivity index (χ2n) is 5.39. The zero-order valence-corrected chi connectivity index (χ0v) is 12.0. The van der Waals surface area contributed by atoms with Crippen molar-refractivity contribution in [2.75, 3.05) is 13.1 Å². The Morgan fingerprint density at radius 1 is 1.29 bits per heavy atom. The van der Waals surface area contributed by atoms with Crippen LogP contribution in [-0.4, -0.2) is 18.0 Å². The highest BCUT2D eigenvalue weighted by atomic mass is 79.9. The molecule has 17 heavy (non-hydrogen) atoms. The lowest BCUT2D eigenvalue weighted by Crippen LogP contribution is -2.38. The molecule has 0 radical (unpaired) electrons. The zero-order valence-electron chi connectivity index (χ0n) is 10.4. The van der Waals surface area contributed by atoms with Crippen LogP contribution < -0.4 is 0 Å². The van der Waals surface area contributed by atoms with Gasteiger partial charge in [0.15, 0.2) is 0 Å². The lowest BCUT2D eigenvalue weighted by atomic mass is 9.91. The number of benzene rings is 1. The molecule has 3 heteroatoms. The Kier molecular flexibility index (Phi) is 4.21. The van der Waals surface area contributed by atoms with Crippen LogP contribution in [-0.2, 0) is 6.54 Å². The highest BCUT2D eigenvalue weighted by Crippen LogP contribution is 2.24. The van der Waals surface area contributed by atoms with Crippen LogP contribution in [0.15, 0.2) is 22.7 Å². The molecule has 0 aliphatic carbocycles. The number of nitrogens with zero attached hydrogens (tertiary/aromatic N) is 1. The lowest BCUT2D eigenvalue weighted by Gasteiger charge is -2.35. The molecule has 0 aromatic heterocycles. The van der Waals surface area contributed by atoms with Crippen LogP contribution in [0.25, 0.3) is 0 Å². The smallest absolute Gasteiger partial charge is 0.137 e. The summed E-state index contributed by atoms with van der Waals surface area (Å²) in [5, 5.41) is 0. The van der Waals surface area contributed by atoms with Gasteiger partial charge in [-0.2, -0.15) is 0 Å². The first-order valence-electron chi connectivity index (χ1n) is 6.21. The third-order valence-corrected chi connectivity index (χ3v) is 3.94. The van der Waals surface area contributed by atoms with Crippen molar-refractivity contribution < 1.29 is 4.39 Å². The zero-order chi connectivity index (χ0) is 12.4. The first-order valence-corrected chi connectivity index (χ1v) is 7.00. The molecule has 1 aliphatic rings. The summed E-state index contributed by atoms with van der Waals surface area (Å²) in [6, 6.07) is 5.31. The maximum Gasteiger partial charge on any atom is 0.137 e. The van der Waals surface area contributed by atoms with Crippen molar-refractivity contribution in [1.82, 2.24) is 4.90 Å². The van der Waals surface area contributed by atoms with Crippen molar-refractivity contribution in [3.8, 4) is 0 Å². The summed E-state index contributed by atoms with van der Waals surface area (Å²) in [6.45, 7) is 7.85. The first kappa shape index (κ1) is 13.0. The number of hydrogen-bond acceptors (Lipinski definition) is 1. The standard InChI is InChI=1S/C14H19BrFN/c1-10-5-11(2)8-17(7-10)9-12-3-4-14(16)13(15)6-12/h3-4,6,10-11H,5,7-9H2,1-2H3. The van der Waals surface area contributed by atoms with Gasteiger partial charge >= 0.3 is 0 Å². The Morgan fingerprint density at radius 3 is 2.53 bits per heavy atom. The van der Waals surface area contributed by atoms with Crippen LogP contribution in [0.2, 0.25) is 0 Å². The molecule has 1 saturated heterocycles. The number of piperidine rings is 1. The van der Waals surface area contributed by atoms with E-state index in [1.54, 1.807) is 0 Å². The monoisotopic (exact) mass is 299 g/mol. The minimum atomic E-state index is -0.186. The van der Waals surface area contributed by atoms with Crippen molar-refractivity contribution in [2.45, 2.75) is 26.8 Å². The Labute approximate surface area is 111 Å². The maximum absolute atomic E-state index is 13.1. The van der Waals surface area contributed by atoms with Crippen LogP contribution in [0, 0.1) is 17.7 Å². The first-order chi connectivity index (χ1) is 8.04. The fraction of sp³-hybridized carbons (Fsp3) is 0.571. The highest BCUT2D eigenvalue weighted by Gasteiger charge is 2.21. The van der Waals surface area contributed by atoms with E-state index in [-0.39, 0.29) is 5.82 Å². The molecular weight excluding hydrogens is 281 g/mol. The number of halogens is 2. The minimum Gasteiger partial charge on any atom is -0.299 e. The van der Waals surface area contributed by atoms with Crippen LogP contribution in [0.1, 0.15) is 25.8 Å². The van der Waals surface area contributed by atoms with Gasteiger partial charge in [0.25, 0.3) is 0 Å². The fourth-order valence-corrected chi connectivity index (χ4v) is 3.24. The Morgan fingerprint density at radius 2 is 1.94 bits per heavy atom. The summed E-state index contributed by atoms with van der Waals surface area (Å²) >= 11 is 3.24. The molecule has 0 saturated carbocycles. The molecule has 2 unspecified atom stereocenters. The van der Waals surface area contributed by atoms with Crippen molar-refractivity contribution in [3.63, 3.8) is 0 Å². The van der Waals surface area contributed by atoms with Gasteiger partial charge in [-0.25, -0.2) is 4.39 Å². The summed E-state index contributed by atoms with van der Waals surface area (Å²) in [6.07, 6.45) is 1.32. The largest absolute Gasteiger partial charge is 0.299 e. The van der Waals surface area contributed by atoms with Crippen LogP contribution in [0.5, 0.6) is 0 Å². The molecular formula is C14H19BrFN. The van der Waals surface area contributed by atoms with Gasteiger partial charge in [0.05, 0.1) is 4.47 Å². The second-order valence-corrected chi connectivity index (χ2v) is 6.24. The van der Waals surface area contributed by atoms with E-state index < -0.39 is 0 Å². The van der Waals surface area contributed by atoms with Gasteiger partial charge in [0.1, 0.15) is 5.82 Å².